The molecule has 0 fully saturated rings. The van der Waals surface area contributed by atoms with E-state index < -0.39 is 6.04 Å². The van der Waals surface area contributed by atoms with Crippen molar-refractivity contribution in [1.29, 1.82) is 0 Å². The van der Waals surface area contributed by atoms with Crippen LogP contribution in [0.25, 0.3) is 10.9 Å². The summed E-state index contributed by atoms with van der Waals surface area (Å²) in [6.07, 6.45) is 0.564. The molecule has 6 heteroatoms. The number of aromatic amines is 1. The van der Waals surface area contributed by atoms with E-state index in [1.165, 1.54) is 0 Å². The van der Waals surface area contributed by atoms with Crippen LogP contribution in [0.1, 0.15) is 28.4 Å². The second-order valence-electron chi connectivity index (χ2n) is 8.13. The highest BCUT2D eigenvalue weighted by atomic mass is 16.7. The number of aromatic nitrogens is 1. The largest absolute Gasteiger partial charge is 0.460 e. The van der Waals surface area contributed by atoms with Gasteiger partial charge in [-0.1, -0.05) is 54.6 Å². The summed E-state index contributed by atoms with van der Waals surface area (Å²) >= 11 is 0. The predicted octanol–water partition coefficient (Wildman–Crippen LogP) is 4.24. The van der Waals surface area contributed by atoms with Crippen LogP contribution in [0.2, 0.25) is 0 Å². The van der Waals surface area contributed by atoms with Crippen molar-refractivity contribution in [2.24, 2.45) is 0 Å². The fourth-order valence-electron chi connectivity index (χ4n) is 4.57. The molecule has 6 nitrogen and oxygen atoms in total. The zero-order chi connectivity index (χ0) is 21.5. The van der Waals surface area contributed by atoms with Crippen LogP contribution in [0.3, 0.4) is 0 Å². The average Bonchev–Trinajstić information content (AvgIpc) is 3.46. The zero-order valence-corrected chi connectivity index (χ0v) is 17.3. The van der Waals surface area contributed by atoms with Gasteiger partial charge in [-0.25, -0.2) is 0 Å². The van der Waals surface area contributed by atoms with Crippen molar-refractivity contribution in [1.82, 2.24) is 10.3 Å². The molecule has 2 atom stereocenters. The molecule has 160 valence electrons. The summed E-state index contributed by atoms with van der Waals surface area (Å²) in [6.45, 7) is 0.482. The summed E-state index contributed by atoms with van der Waals surface area (Å²) in [5.41, 5.74) is 5.24. The Morgan fingerprint density at radius 3 is 2.69 bits per heavy atom. The Labute approximate surface area is 185 Å². The Balaban J connectivity index is 1.34. The summed E-state index contributed by atoms with van der Waals surface area (Å²) in [6, 6.07) is 23.2. The standard InChI is InChI=1S/C26H22N2O4/c29-26(30-14-16-6-2-1-3-7-16)21-13-19-18-8-4-5-9-20(18)27-25(19)24(28-21)17-10-11-22-23(12-17)32-15-31-22/h1-12,21,24,27-28H,13-15H2/t21-,24-/m1/s1. The third-order valence-electron chi connectivity index (χ3n) is 6.15. The minimum Gasteiger partial charge on any atom is -0.460 e. The fourth-order valence-corrected chi connectivity index (χ4v) is 4.57. The number of nitrogens with one attached hydrogen (secondary N) is 2. The lowest BCUT2D eigenvalue weighted by molar-refractivity contribution is -0.147. The highest BCUT2D eigenvalue weighted by Crippen LogP contribution is 2.39. The van der Waals surface area contributed by atoms with E-state index in [0.717, 1.165) is 44.8 Å². The molecule has 0 radical (unpaired) electrons. The molecule has 0 saturated heterocycles. The number of ether oxygens (including phenoxy) is 3. The van der Waals surface area contributed by atoms with Crippen LogP contribution in [-0.4, -0.2) is 23.8 Å². The SMILES string of the molecule is O=C(OCc1ccccc1)[C@H]1Cc2c([nH]c3ccccc23)[C@@H](c2ccc3c(c2)OCO3)N1. The van der Waals surface area contributed by atoms with E-state index in [9.17, 15) is 4.79 Å². The van der Waals surface area contributed by atoms with E-state index in [1.807, 2.05) is 60.7 Å². The Bertz CT molecular complexity index is 1300. The Morgan fingerprint density at radius 1 is 0.969 bits per heavy atom. The second kappa shape index (κ2) is 7.73. The number of hydrogen-bond acceptors (Lipinski definition) is 5. The molecule has 32 heavy (non-hydrogen) atoms. The first-order chi connectivity index (χ1) is 15.8. The summed E-state index contributed by atoms with van der Waals surface area (Å²) < 4.78 is 16.7. The van der Waals surface area contributed by atoms with E-state index in [0.29, 0.717) is 6.42 Å². The lowest BCUT2D eigenvalue weighted by Gasteiger charge is -2.30. The lowest BCUT2D eigenvalue weighted by atomic mass is 9.90. The number of benzene rings is 3. The summed E-state index contributed by atoms with van der Waals surface area (Å²) in [5.74, 6) is 1.20. The number of carbonyl (C=O) groups is 1. The molecule has 0 aliphatic carbocycles. The first-order valence-corrected chi connectivity index (χ1v) is 10.7. The Kier molecular flexibility index (Phi) is 4.58. The van der Waals surface area contributed by atoms with Gasteiger partial charge in [0.1, 0.15) is 12.6 Å². The van der Waals surface area contributed by atoms with Gasteiger partial charge in [0.15, 0.2) is 11.5 Å². The van der Waals surface area contributed by atoms with Gasteiger partial charge in [-0.05, 0) is 34.9 Å². The molecule has 3 heterocycles. The Hall–Kier alpha value is -3.77. The third kappa shape index (κ3) is 3.29. The smallest absolute Gasteiger partial charge is 0.323 e. The van der Waals surface area contributed by atoms with Crippen molar-refractivity contribution in [3.8, 4) is 11.5 Å². The summed E-state index contributed by atoms with van der Waals surface area (Å²) in [7, 11) is 0. The van der Waals surface area contributed by atoms with E-state index in [1.54, 1.807) is 0 Å². The average molecular weight is 426 g/mol. The molecule has 2 aliphatic heterocycles. The molecule has 6 rings (SSSR count). The molecule has 0 unspecified atom stereocenters. The number of hydrogen-bond donors (Lipinski definition) is 2. The van der Waals surface area contributed by atoms with Crippen molar-refractivity contribution < 1.29 is 19.0 Å². The van der Waals surface area contributed by atoms with Crippen LogP contribution in [0, 0.1) is 0 Å². The molecule has 1 aromatic heterocycles. The first-order valence-electron chi connectivity index (χ1n) is 10.7. The van der Waals surface area contributed by atoms with E-state index >= 15 is 0 Å². The van der Waals surface area contributed by atoms with Gasteiger partial charge in [0.25, 0.3) is 0 Å². The van der Waals surface area contributed by atoms with Gasteiger partial charge in [0, 0.05) is 23.0 Å². The van der Waals surface area contributed by atoms with Crippen molar-refractivity contribution in [3.63, 3.8) is 0 Å². The van der Waals surface area contributed by atoms with Crippen LogP contribution >= 0.6 is 0 Å². The molecule has 2 N–H and O–H groups in total. The van der Waals surface area contributed by atoms with Crippen molar-refractivity contribution in [3.05, 3.63) is 95.2 Å². The Morgan fingerprint density at radius 2 is 1.78 bits per heavy atom. The minimum absolute atomic E-state index is 0.199. The van der Waals surface area contributed by atoms with Crippen molar-refractivity contribution in [2.75, 3.05) is 6.79 Å². The van der Waals surface area contributed by atoms with Crippen LogP contribution in [0.15, 0.2) is 72.8 Å². The molecular formula is C26H22N2O4. The monoisotopic (exact) mass is 426 g/mol. The number of para-hydroxylation sites is 1. The van der Waals surface area contributed by atoms with E-state index in [2.05, 4.69) is 22.4 Å². The van der Waals surface area contributed by atoms with Gasteiger partial charge in [-0.2, -0.15) is 0 Å². The van der Waals surface area contributed by atoms with Crippen LogP contribution in [0.5, 0.6) is 11.5 Å². The van der Waals surface area contributed by atoms with Crippen LogP contribution < -0.4 is 14.8 Å². The molecule has 2 aliphatic rings. The highest BCUT2D eigenvalue weighted by Gasteiger charge is 2.35. The van der Waals surface area contributed by atoms with Gasteiger partial charge in [0.05, 0.1) is 6.04 Å². The molecule has 0 amide bonds. The van der Waals surface area contributed by atoms with E-state index in [-0.39, 0.29) is 25.4 Å². The van der Waals surface area contributed by atoms with Gasteiger partial charge in [-0.3, -0.25) is 10.1 Å². The normalized spacial score (nSPS) is 19.0. The van der Waals surface area contributed by atoms with Crippen LogP contribution in [-0.2, 0) is 22.6 Å². The topological polar surface area (TPSA) is 72.6 Å². The maximum atomic E-state index is 13.1. The maximum absolute atomic E-state index is 13.1. The van der Waals surface area contributed by atoms with Gasteiger partial charge in [-0.15, -0.1) is 0 Å². The lowest BCUT2D eigenvalue weighted by Crippen LogP contribution is -2.45. The first kappa shape index (κ1) is 19.0. The number of esters is 1. The molecule has 0 spiro atoms. The molecular weight excluding hydrogens is 404 g/mol. The second-order valence-corrected chi connectivity index (χ2v) is 8.13. The van der Waals surface area contributed by atoms with Gasteiger partial charge < -0.3 is 19.2 Å². The number of carbonyl (C=O) groups excluding carboxylic acids is 1. The molecule has 0 bridgehead atoms. The highest BCUT2D eigenvalue weighted by molar-refractivity contribution is 5.87. The van der Waals surface area contributed by atoms with Crippen molar-refractivity contribution >= 4 is 16.9 Å². The van der Waals surface area contributed by atoms with Crippen molar-refractivity contribution in [2.45, 2.75) is 25.1 Å². The number of fused-ring (bicyclic) bond motifs is 4. The number of H-pyrrole nitrogens is 1. The number of rotatable bonds is 4. The minimum atomic E-state index is -0.458. The van der Waals surface area contributed by atoms with Crippen LogP contribution in [0.4, 0.5) is 0 Å². The van der Waals surface area contributed by atoms with Gasteiger partial charge in [0.2, 0.25) is 6.79 Å². The third-order valence-corrected chi connectivity index (χ3v) is 6.15. The maximum Gasteiger partial charge on any atom is 0.323 e. The summed E-state index contributed by atoms with van der Waals surface area (Å²) in [4.78, 5) is 16.6. The zero-order valence-electron chi connectivity index (χ0n) is 17.3. The quantitative estimate of drug-likeness (QED) is 0.478. The van der Waals surface area contributed by atoms with Gasteiger partial charge >= 0.3 is 5.97 Å². The molecule has 3 aromatic carbocycles. The summed E-state index contributed by atoms with van der Waals surface area (Å²) in [5, 5.41) is 4.65. The van der Waals surface area contributed by atoms with E-state index in [4.69, 9.17) is 14.2 Å². The predicted molar refractivity (Wildman–Crippen MR) is 120 cm³/mol. The molecule has 4 aromatic rings. The fraction of sp³-hybridized carbons (Fsp3) is 0.192. The molecule has 0 saturated carbocycles.